The van der Waals surface area contributed by atoms with Crippen molar-refractivity contribution >= 4 is 23.6 Å². The van der Waals surface area contributed by atoms with E-state index in [0.29, 0.717) is 0 Å². The second-order valence-electron chi connectivity index (χ2n) is 2.71. The molecule has 0 aromatic rings. The van der Waals surface area contributed by atoms with Crippen molar-refractivity contribution in [3.8, 4) is 0 Å². The summed E-state index contributed by atoms with van der Waals surface area (Å²) in [5.74, 6) is -1.75. The number of carboxylic acids is 1. The zero-order valence-corrected chi connectivity index (χ0v) is 9.10. The SMILES string of the molecule is CCN(CC(F)F)C(=O)CSCC(=O)O. The normalized spacial score (nSPS) is 10.4. The molecule has 0 aromatic carbocycles. The topological polar surface area (TPSA) is 57.6 Å². The Labute approximate surface area is 90.6 Å². The lowest BCUT2D eigenvalue weighted by atomic mass is 10.5. The molecule has 4 nitrogen and oxygen atoms in total. The summed E-state index contributed by atoms with van der Waals surface area (Å²) in [7, 11) is 0. The Bertz CT molecular complexity index is 226. The summed E-state index contributed by atoms with van der Waals surface area (Å²) >= 11 is 0.905. The Balaban J connectivity index is 3.88. The summed E-state index contributed by atoms with van der Waals surface area (Å²) in [5, 5.41) is 8.30. The van der Waals surface area contributed by atoms with Crippen molar-refractivity contribution in [2.45, 2.75) is 13.3 Å². The third-order valence-electron chi connectivity index (χ3n) is 1.54. The van der Waals surface area contributed by atoms with E-state index >= 15 is 0 Å². The molecular weight excluding hydrogens is 228 g/mol. The van der Waals surface area contributed by atoms with Crippen LogP contribution < -0.4 is 0 Å². The second kappa shape index (κ2) is 7.44. The molecule has 7 heteroatoms. The van der Waals surface area contributed by atoms with Crippen LogP contribution >= 0.6 is 11.8 Å². The van der Waals surface area contributed by atoms with E-state index in [1.54, 1.807) is 6.92 Å². The molecule has 0 rings (SSSR count). The van der Waals surface area contributed by atoms with E-state index in [2.05, 4.69) is 0 Å². The fraction of sp³-hybridized carbons (Fsp3) is 0.750. The molecule has 0 fully saturated rings. The highest BCUT2D eigenvalue weighted by Gasteiger charge is 2.16. The fourth-order valence-electron chi connectivity index (χ4n) is 0.891. The zero-order chi connectivity index (χ0) is 11.8. The third-order valence-corrected chi connectivity index (χ3v) is 2.45. The Morgan fingerprint density at radius 3 is 2.40 bits per heavy atom. The lowest BCUT2D eigenvalue weighted by Crippen LogP contribution is -2.36. The molecule has 0 saturated heterocycles. The number of hydrogen-bond acceptors (Lipinski definition) is 3. The van der Waals surface area contributed by atoms with Crippen LogP contribution in [0.25, 0.3) is 0 Å². The predicted molar refractivity (Wildman–Crippen MR) is 53.2 cm³/mol. The summed E-state index contributed by atoms with van der Waals surface area (Å²) in [6.45, 7) is 1.21. The van der Waals surface area contributed by atoms with E-state index in [4.69, 9.17) is 5.11 Å². The number of carbonyl (C=O) groups excluding carboxylic acids is 1. The Kier molecular flexibility index (Phi) is 7.02. The first-order chi connectivity index (χ1) is 6.97. The number of hydrogen-bond donors (Lipinski definition) is 1. The van der Waals surface area contributed by atoms with Crippen molar-refractivity contribution in [1.29, 1.82) is 0 Å². The number of aliphatic carboxylic acids is 1. The van der Waals surface area contributed by atoms with Gasteiger partial charge in [0.25, 0.3) is 6.43 Å². The van der Waals surface area contributed by atoms with Gasteiger partial charge in [0, 0.05) is 6.54 Å². The maximum atomic E-state index is 12.0. The zero-order valence-electron chi connectivity index (χ0n) is 8.28. The highest BCUT2D eigenvalue weighted by Crippen LogP contribution is 2.05. The van der Waals surface area contributed by atoms with Crippen molar-refractivity contribution in [3.05, 3.63) is 0 Å². The molecular formula is C8H13F2NO3S. The van der Waals surface area contributed by atoms with Gasteiger partial charge < -0.3 is 10.0 Å². The van der Waals surface area contributed by atoms with Crippen molar-refractivity contribution in [3.63, 3.8) is 0 Å². The molecule has 0 spiro atoms. The van der Waals surface area contributed by atoms with E-state index < -0.39 is 24.8 Å². The maximum absolute atomic E-state index is 12.0. The quantitative estimate of drug-likeness (QED) is 0.720. The number of carboxylic acid groups (broad SMARTS) is 1. The van der Waals surface area contributed by atoms with Crippen LogP contribution in [0.15, 0.2) is 0 Å². The Morgan fingerprint density at radius 1 is 1.40 bits per heavy atom. The first-order valence-corrected chi connectivity index (χ1v) is 5.48. The van der Waals surface area contributed by atoms with Crippen LogP contribution in [0.1, 0.15) is 6.92 Å². The molecule has 0 unspecified atom stereocenters. The van der Waals surface area contributed by atoms with Crippen LogP contribution in [0.2, 0.25) is 0 Å². The van der Waals surface area contributed by atoms with Crippen LogP contribution in [0.3, 0.4) is 0 Å². The molecule has 0 radical (unpaired) electrons. The molecule has 0 aliphatic heterocycles. The van der Waals surface area contributed by atoms with E-state index in [9.17, 15) is 18.4 Å². The molecule has 88 valence electrons. The van der Waals surface area contributed by atoms with Gasteiger partial charge in [-0.05, 0) is 6.92 Å². The van der Waals surface area contributed by atoms with Crippen molar-refractivity contribution in [2.75, 3.05) is 24.6 Å². The van der Waals surface area contributed by atoms with Gasteiger partial charge in [-0.3, -0.25) is 9.59 Å². The first kappa shape index (κ1) is 14.2. The van der Waals surface area contributed by atoms with Gasteiger partial charge in [-0.1, -0.05) is 0 Å². The number of nitrogens with zero attached hydrogens (tertiary/aromatic N) is 1. The molecule has 0 aliphatic rings. The number of alkyl halides is 2. The van der Waals surface area contributed by atoms with Crippen molar-refractivity contribution in [2.24, 2.45) is 0 Å². The number of thioether (sulfide) groups is 1. The summed E-state index contributed by atoms with van der Waals surface area (Å²) in [6.07, 6.45) is -2.56. The average Bonchev–Trinajstić information content (AvgIpc) is 2.13. The number of halogens is 2. The van der Waals surface area contributed by atoms with Crippen molar-refractivity contribution in [1.82, 2.24) is 4.90 Å². The van der Waals surface area contributed by atoms with E-state index in [-0.39, 0.29) is 18.1 Å². The number of carbonyl (C=O) groups is 2. The Hall–Kier alpha value is -0.850. The van der Waals surface area contributed by atoms with Gasteiger partial charge in [0.05, 0.1) is 18.1 Å². The smallest absolute Gasteiger partial charge is 0.313 e. The number of amides is 1. The highest BCUT2D eigenvalue weighted by molar-refractivity contribution is 8.00. The fourth-order valence-corrected chi connectivity index (χ4v) is 1.52. The van der Waals surface area contributed by atoms with Crippen molar-refractivity contribution < 1.29 is 23.5 Å². The summed E-state index contributed by atoms with van der Waals surface area (Å²) in [5.41, 5.74) is 0. The highest BCUT2D eigenvalue weighted by atomic mass is 32.2. The van der Waals surface area contributed by atoms with E-state index in [0.717, 1.165) is 16.7 Å². The lowest BCUT2D eigenvalue weighted by molar-refractivity contribution is -0.133. The van der Waals surface area contributed by atoms with Crippen LogP contribution in [0, 0.1) is 0 Å². The first-order valence-electron chi connectivity index (χ1n) is 4.32. The minimum atomic E-state index is -2.56. The van der Waals surface area contributed by atoms with Gasteiger partial charge in [0.2, 0.25) is 5.91 Å². The molecule has 0 saturated carbocycles. The minimum absolute atomic E-state index is 0.0765. The van der Waals surface area contributed by atoms with Crippen LogP contribution in [0.4, 0.5) is 8.78 Å². The lowest BCUT2D eigenvalue weighted by Gasteiger charge is -2.19. The molecule has 1 amide bonds. The van der Waals surface area contributed by atoms with E-state index in [1.807, 2.05) is 0 Å². The predicted octanol–water partition coefficient (Wildman–Crippen LogP) is 0.918. The molecule has 1 N–H and O–H groups in total. The maximum Gasteiger partial charge on any atom is 0.313 e. The molecule has 0 atom stereocenters. The summed E-state index contributed by atoms with van der Waals surface area (Å²) in [6, 6.07) is 0. The monoisotopic (exact) mass is 241 g/mol. The molecule has 0 heterocycles. The number of rotatable bonds is 7. The largest absolute Gasteiger partial charge is 0.481 e. The summed E-state index contributed by atoms with van der Waals surface area (Å²) < 4.78 is 24.0. The molecule has 0 bridgehead atoms. The van der Waals surface area contributed by atoms with Gasteiger partial charge in [0.15, 0.2) is 0 Å². The molecule has 0 aliphatic carbocycles. The van der Waals surface area contributed by atoms with Gasteiger partial charge in [-0.2, -0.15) is 0 Å². The van der Waals surface area contributed by atoms with Crippen LogP contribution in [0.5, 0.6) is 0 Å². The van der Waals surface area contributed by atoms with Crippen LogP contribution in [-0.2, 0) is 9.59 Å². The van der Waals surface area contributed by atoms with Gasteiger partial charge in [-0.25, -0.2) is 8.78 Å². The van der Waals surface area contributed by atoms with Crippen LogP contribution in [-0.4, -0.2) is 52.9 Å². The van der Waals surface area contributed by atoms with E-state index in [1.165, 1.54) is 0 Å². The Morgan fingerprint density at radius 2 is 2.00 bits per heavy atom. The van der Waals surface area contributed by atoms with Gasteiger partial charge >= 0.3 is 5.97 Å². The average molecular weight is 241 g/mol. The third kappa shape index (κ3) is 7.12. The van der Waals surface area contributed by atoms with Gasteiger partial charge in [0.1, 0.15) is 0 Å². The molecule has 0 aromatic heterocycles. The standard InChI is InChI=1S/C8H13F2NO3S/c1-2-11(3-6(9)10)7(12)4-15-5-8(13)14/h6H,2-5H2,1H3,(H,13,14). The minimum Gasteiger partial charge on any atom is -0.481 e. The molecule has 15 heavy (non-hydrogen) atoms. The second-order valence-corrected chi connectivity index (χ2v) is 3.70. The van der Waals surface area contributed by atoms with Gasteiger partial charge in [-0.15, -0.1) is 11.8 Å². The summed E-state index contributed by atoms with van der Waals surface area (Å²) in [4.78, 5) is 22.4.